The Morgan fingerprint density at radius 3 is 2.79 bits per heavy atom. The first-order valence-corrected chi connectivity index (χ1v) is 7.72. The molecule has 0 saturated heterocycles. The van der Waals surface area contributed by atoms with Crippen molar-refractivity contribution in [2.45, 2.75) is 32.2 Å². The lowest BCUT2D eigenvalue weighted by Crippen LogP contribution is -2.34. The second-order valence-corrected chi connectivity index (χ2v) is 6.08. The highest BCUT2D eigenvalue weighted by Gasteiger charge is 2.34. The Labute approximate surface area is 151 Å². The molecule has 1 atom stereocenters. The number of halogens is 1. The van der Waals surface area contributed by atoms with Gasteiger partial charge in [0.15, 0.2) is 11.5 Å². The summed E-state index contributed by atoms with van der Waals surface area (Å²) >= 11 is 0. The van der Waals surface area contributed by atoms with Crippen LogP contribution in [0.4, 0.5) is 0 Å². The summed E-state index contributed by atoms with van der Waals surface area (Å²) in [5.74, 6) is 1.78. The molecule has 0 amide bonds. The number of Topliss-reactive ketones (excluding diaryl/α,β-unsaturated/α-hetero) is 2. The van der Waals surface area contributed by atoms with Gasteiger partial charge in [-0.3, -0.25) is 14.5 Å². The van der Waals surface area contributed by atoms with Gasteiger partial charge in [-0.05, 0) is 32.0 Å². The third-order valence-electron chi connectivity index (χ3n) is 4.41. The Morgan fingerprint density at radius 1 is 1.38 bits per heavy atom. The van der Waals surface area contributed by atoms with Crippen LogP contribution in [0.2, 0.25) is 0 Å². The topological polar surface area (TPSA) is 65.1 Å². The smallest absolute Gasteiger partial charge is 0.231 e. The van der Waals surface area contributed by atoms with Gasteiger partial charge >= 0.3 is 0 Å². The Balaban J connectivity index is 0.00000208. The lowest BCUT2D eigenvalue weighted by Gasteiger charge is -2.35. The third-order valence-corrected chi connectivity index (χ3v) is 4.41. The van der Waals surface area contributed by atoms with Gasteiger partial charge in [0.1, 0.15) is 11.6 Å². The minimum absolute atomic E-state index is 0. The molecule has 0 N–H and O–H groups in total. The molecular formula is C17H22BrNO5. The molecule has 1 aromatic carbocycles. The molecular weight excluding hydrogens is 378 g/mol. The fourth-order valence-corrected chi connectivity index (χ4v) is 3.35. The Kier molecular flexibility index (Phi) is 5.87. The molecule has 0 aromatic heterocycles. The maximum Gasteiger partial charge on any atom is 0.231 e. The van der Waals surface area contributed by atoms with Gasteiger partial charge in [-0.2, -0.15) is 0 Å². The van der Waals surface area contributed by atoms with E-state index in [2.05, 4.69) is 4.90 Å². The predicted molar refractivity (Wildman–Crippen MR) is 93.4 cm³/mol. The SMILES string of the molecule is Br.COc1c2c(cc3c1C(CC(=O)CC(C)=O)N(C)CC3)OCO2. The van der Waals surface area contributed by atoms with Gasteiger partial charge in [0, 0.05) is 24.6 Å². The zero-order valence-electron chi connectivity index (χ0n) is 14.1. The number of rotatable bonds is 5. The Hall–Kier alpha value is -1.60. The van der Waals surface area contributed by atoms with Crippen molar-refractivity contribution in [3.05, 3.63) is 17.2 Å². The second-order valence-electron chi connectivity index (χ2n) is 6.08. The van der Waals surface area contributed by atoms with E-state index in [0.29, 0.717) is 23.7 Å². The highest BCUT2D eigenvalue weighted by atomic mass is 79.9. The van der Waals surface area contributed by atoms with Gasteiger partial charge in [0.25, 0.3) is 0 Å². The number of hydrogen-bond acceptors (Lipinski definition) is 6. The molecule has 0 radical (unpaired) electrons. The fourth-order valence-electron chi connectivity index (χ4n) is 3.35. The quantitative estimate of drug-likeness (QED) is 0.708. The first-order chi connectivity index (χ1) is 11.0. The van der Waals surface area contributed by atoms with Crippen molar-refractivity contribution < 1.29 is 23.8 Å². The average molecular weight is 400 g/mol. The number of ether oxygens (including phenoxy) is 3. The van der Waals surface area contributed by atoms with Crippen LogP contribution in [0.25, 0.3) is 0 Å². The van der Waals surface area contributed by atoms with E-state index in [1.807, 2.05) is 13.1 Å². The second kappa shape index (κ2) is 7.53. The van der Waals surface area contributed by atoms with E-state index in [0.717, 1.165) is 24.1 Å². The molecule has 0 spiro atoms. The van der Waals surface area contributed by atoms with Crippen molar-refractivity contribution in [1.82, 2.24) is 4.90 Å². The molecule has 3 rings (SSSR count). The van der Waals surface area contributed by atoms with Crippen LogP contribution < -0.4 is 14.2 Å². The van der Waals surface area contributed by atoms with Gasteiger partial charge in [-0.25, -0.2) is 0 Å². The highest BCUT2D eigenvalue weighted by molar-refractivity contribution is 8.93. The van der Waals surface area contributed by atoms with Crippen LogP contribution in [-0.2, 0) is 16.0 Å². The van der Waals surface area contributed by atoms with Crippen molar-refractivity contribution in [2.75, 3.05) is 27.5 Å². The zero-order valence-corrected chi connectivity index (χ0v) is 15.8. The summed E-state index contributed by atoms with van der Waals surface area (Å²) in [7, 11) is 3.58. The highest BCUT2D eigenvalue weighted by Crippen LogP contribution is 2.50. The normalized spacial score (nSPS) is 18.5. The molecule has 2 aliphatic heterocycles. The van der Waals surface area contributed by atoms with Crippen molar-refractivity contribution >= 4 is 28.5 Å². The number of ketones is 2. The minimum Gasteiger partial charge on any atom is -0.492 e. The molecule has 0 bridgehead atoms. The van der Waals surface area contributed by atoms with Crippen molar-refractivity contribution in [1.29, 1.82) is 0 Å². The molecule has 2 heterocycles. The zero-order chi connectivity index (χ0) is 16.6. The lowest BCUT2D eigenvalue weighted by atomic mass is 9.88. The summed E-state index contributed by atoms with van der Waals surface area (Å²) in [4.78, 5) is 25.5. The van der Waals surface area contributed by atoms with E-state index in [4.69, 9.17) is 14.2 Å². The number of carbonyl (C=O) groups is 2. The van der Waals surface area contributed by atoms with E-state index in [9.17, 15) is 9.59 Å². The van der Waals surface area contributed by atoms with Crippen LogP contribution in [0.3, 0.4) is 0 Å². The molecule has 2 aliphatic rings. The molecule has 6 nitrogen and oxygen atoms in total. The van der Waals surface area contributed by atoms with E-state index in [-0.39, 0.29) is 47.8 Å². The van der Waals surface area contributed by atoms with E-state index in [1.165, 1.54) is 6.92 Å². The number of nitrogens with zero attached hydrogens (tertiary/aromatic N) is 1. The van der Waals surface area contributed by atoms with Crippen LogP contribution >= 0.6 is 17.0 Å². The fraction of sp³-hybridized carbons (Fsp3) is 0.529. The van der Waals surface area contributed by atoms with Crippen LogP contribution in [-0.4, -0.2) is 44.0 Å². The van der Waals surface area contributed by atoms with Crippen LogP contribution in [0.5, 0.6) is 17.2 Å². The number of carbonyl (C=O) groups excluding carboxylic acids is 2. The van der Waals surface area contributed by atoms with Gasteiger partial charge < -0.3 is 14.2 Å². The molecule has 0 fully saturated rings. The van der Waals surface area contributed by atoms with E-state index < -0.39 is 0 Å². The number of methoxy groups -OCH3 is 1. The summed E-state index contributed by atoms with van der Waals surface area (Å²) in [5, 5.41) is 0. The van der Waals surface area contributed by atoms with E-state index in [1.54, 1.807) is 7.11 Å². The van der Waals surface area contributed by atoms with Gasteiger partial charge in [0.2, 0.25) is 12.5 Å². The first-order valence-electron chi connectivity index (χ1n) is 7.72. The van der Waals surface area contributed by atoms with E-state index >= 15 is 0 Å². The monoisotopic (exact) mass is 399 g/mol. The summed E-state index contributed by atoms with van der Waals surface area (Å²) in [6.45, 7) is 2.46. The van der Waals surface area contributed by atoms with Crippen LogP contribution in [0.15, 0.2) is 6.07 Å². The average Bonchev–Trinajstić information content (AvgIpc) is 2.95. The van der Waals surface area contributed by atoms with Crippen LogP contribution in [0, 0.1) is 0 Å². The molecule has 0 saturated carbocycles. The Bertz CT molecular complexity index is 661. The number of likely N-dealkylation sites (N-methyl/N-ethyl adjacent to an activating group) is 1. The van der Waals surface area contributed by atoms with Crippen molar-refractivity contribution in [3.8, 4) is 17.2 Å². The van der Waals surface area contributed by atoms with Crippen molar-refractivity contribution in [3.63, 3.8) is 0 Å². The summed E-state index contributed by atoms with van der Waals surface area (Å²) < 4.78 is 16.6. The molecule has 0 aliphatic carbocycles. The summed E-state index contributed by atoms with van der Waals surface area (Å²) in [5.41, 5.74) is 2.09. The predicted octanol–water partition coefficient (Wildman–Crippen LogP) is 2.47. The number of benzene rings is 1. The minimum atomic E-state index is -0.116. The van der Waals surface area contributed by atoms with Gasteiger partial charge in [0.05, 0.1) is 13.5 Å². The first kappa shape index (κ1) is 18.7. The standard InChI is InChI=1S/C17H21NO5.BrH/c1-10(19)6-12(20)8-13-15-11(4-5-18(13)2)7-14-16(17(15)21-3)23-9-22-14;/h7,13H,4-6,8-9H2,1-3H3;1H. The lowest BCUT2D eigenvalue weighted by molar-refractivity contribution is -0.126. The van der Waals surface area contributed by atoms with Gasteiger partial charge in [-0.1, -0.05) is 0 Å². The molecule has 132 valence electrons. The molecule has 24 heavy (non-hydrogen) atoms. The van der Waals surface area contributed by atoms with Gasteiger partial charge in [-0.15, -0.1) is 17.0 Å². The maximum atomic E-state index is 12.2. The third kappa shape index (κ3) is 3.42. The molecule has 1 unspecified atom stereocenters. The van der Waals surface area contributed by atoms with Crippen molar-refractivity contribution in [2.24, 2.45) is 0 Å². The maximum absolute atomic E-state index is 12.2. The largest absolute Gasteiger partial charge is 0.492 e. The number of fused-ring (bicyclic) bond motifs is 2. The molecule has 1 aromatic rings. The van der Waals surface area contributed by atoms with Crippen LogP contribution in [0.1, 0.15) is 36.9 Å². The Morgan fingerprint density at radius 2 is 2.12 bits per heavy atom. The number of hydrogen-bond donors (Lipinski definition) is 0. The summed E-state index contributed by atoms with van der Waals surface area (Å²) in [6, 6.07) is 1.87. The molecule has 7 heteroatoms. The summed E-state index contributed by atoms with van der Waals surface area (Å²) in [6.07, 6.45) is 1.13.